The molecule has 6 nitrogen and oxygen atoms in total. The molecule has 0 amide bonds. The molecular weight excluding hydrogens is 254 g/mol. The Hall–Kier alpha value is -0.920. The van der Waals surface area contributed by atoms with Crippen LogP contribution in [0.15, 0.2) is 4.90 Å². The van der Waals surface area contributed by atoms with E-state index in [1.165, 1.54) is 0 Å². The van der Waals surface area contributed by atoms with Crippen LogP contribution in [0.1, 0.15) is 24.7 Å². The summed E-state index contributed by atoms with van der Waals surface area (Å²) in [5.74, 6) is 0.0991. The summed E-state index contributed by atoms with van der Waals surface area (Å²) in [5, 5.41) is 12.9. The first-order chi connectivity index (χ1) is 8.29. The van der Waals surface area contributed by atoms with E-state index in [0.717, 1.165) is 0 Å². The van der Waals surface area contributed by atoms with Gasteiger partial charge >= 0.3 is 0 Å². The third-order valence-corrected chi connectivity index (χ3v) is 4.63. The predicted molar refractivity (Wildman–Crippen MR) is 68.7 cm³/mol. The molecule has 18 heavy (non-hydrogen) atoms. The summed E-state index contributed by atoms with van der Waals surface area (Å²) in [7, 11) is -1.81. The van der Waals surface area contributed by atoms with Crippen molar-refractivity contribution in [3.63, 3.8) is 0 Å². The van der Waals surface area contributed by atoms with E-state index in [4.69, 9.17) is 5.11 Å². The molecule has 0 aromatic carbocycles. The molecule has 1 rings (SSSR count). The highest BCUT2D eigenvalue weighted by Gasteiger charge is 2.23. The molecule has 0 fully saturated rings. The maximum Gasteiger partial charge on any atom is 0.244 e. The van der Waals surface area contributed by atoms with E-state index in [-0.39, 0.29) is 17.4 Å². The number of aryl methyl sites for hydroxylation is 2. The third kappa shape index (κ3) is 3.30. The van der Waals surface area contributed by atoms with Gasteiger partial charge in [0.05, 0.1) is 11.4 Å². The average molecular weight is 275 g/mol. The minimum absolute atomic E-state index is 0.0633. The van der Waals surface area contributed by atoms with Crippen LogP contribution >= 0.6 is 0 Å². The fourth-order valence-electron chi connectivity index (χ4n) is 1.79. The van der Waals surface area contributed by atoms with Gasteiger partial charge in [-0.2, -0.15) is 5.10 Å². The predicted octanol–water partition coefficient (Wildman–Crippen LogP) is 0.334. The van der Waals surface area contributed by atoms with Crippen molar-refractivity contribution in [3.05, 3.63) is 11.4 Å². The van der Waals surface area contributed by atoms with Crippen molar-refractivity contribution in [1.29, 1.82) is 0 Å². The fraction of sp³-hybridized carbons (Fsp3) is 0.727. The van der Waals surface area contributed by atoms with Gasteiger partial charge in [0.15, 0.2) is 0 Å². The van der Waals surface area contributed by atoms with Gasteiger partial charge < -0.3 is 5.11 Å². The van der Waals surface area contributed by atoms with Crippen LogP contribution in [-0.4, -0.2) is 36.5 Å². The highest BCUT2D eigenvalue weighted by molar-refractivity contribution is 7.89. The number of nitrogens with zero attached hydrogens (tertiary/aromatic N) is 2. The lowest BCUT2D eigenvalue weighted by molar-refractivity contribution is 0.263. The molecule has 104 valence electrons. The Balaban J connectivity index is 2.87. The highest BCUT2D eigenvalue weighted by Crippen LogP contribution is 2.18. The molecule has 1 atom stereocenters. The number of aliphatic hydroxyl groups is 1. The molecule has 2 N–H and O–H groups in total. The first-order valence-electron chi connectivity index (χ1n) is 5.90. The third-order valence-electron chi connectivity index (χ3n) is 2.96. The van der Waals surface area contributed by atoms with E-state index in [1.807, 2.05) is 6.92 Å². The number of sulfonamides is 1. The van der Waals surface area contributed by atoms with E-state index < -0.39 is 10.0 Å². The monoisotopic (exact) mass is 275 g/mol. The van der Waals surface area contributed by atoms with Gasteiger partial charge in [-0.05, 0) is 26.2 Å². The molecule has 0 aliphatic carbocycles. The van der Waals surface area contributed by atoms with Crippen molar-refractivity contribution in [2.75, 3.05) is 13.2 Å². The van der Waals surface area contributed by atoms with Crippen molar-refractivity contribution < 1.29 is 13.5 Å². The first kappa shape index (κ1) is 15.1. The molecule has 1 aromatic heterocycles. The Labute approximate surface area is 108 Å². The van der Waals surface area contributed by atoms with Gasteiger partial charge in [-0.1, -0.05) is 6.92 Å². The molecule has 1 unspecified atom stereocenters. The Morgan fingerprint density at radius 1 is 1.44 bits per heavy atom. The topological polar surface area (TPSA) is 84.2 Å². The van der Waals surface area contributed by atoms with Crippen molar-refractivity contribution in [1.82, 2.24) is 14.5 Å². The molecule has 0 saturated heterocycles. The van der Waals surface area contributed by atoms with E-state index in [1.54, 1.807) is 25.6 Å². The quantitative estimate of drug-likeness (QED) is 0.784. The van der Waals surface area contributed by atoms with Gasteiger partial charge in [0.2, 0.25) is 10.0 Å². The maximum atomic E-state index is 12.2. The van der Waals surface area contributed by atoms with Gasteiger partial charge in [-0.3, -0.25) is 4.68 Å². The van der Waals surface area contributed by atoms with Crippen molar-refractivity contribution in [2.24, 2.45) is 13.0 Å². The normalized spacial score (nSPS) is 13.8. The van der Waals surface area contributed by atoms with Crippen LogP contribution < -0.4 is 4.72 Å². The minimum Gasteiger partial charge on any atom is -0.396 e. The zero-order chi connectivity index (χ0) is 13.9. The Morgan fingerprint density at radius 3 is 2.50 bits per heavy atom. The number of rotatable bonds is 6. The second-order valence-electron chi connectivity index (χ2n) is 4.59. The molecule has 1 aromatic rings. The van der Waals surface area contributed by atoms with Crippen molar-refractivity contribution in [3.8, 4) is 0 Å². The fourth-order valence-corrected chi connectivity index (χ4v) is 3.39. The molecule has 1 heterocycles. The van der Waals surface area contributed by atoms with E-state index in [9.17, 15) is 8.42 Å². The van der Waals surface area contributed by atoms with Gasteiger partial charge in [-0.15, -0.1) is 0 Å². The lowest BCUT2D eigenvalue weighted by Gasteiger charge is -2.11. The Kier molecular flexibility index (Phi) is 4.89. The van der Waals surface area contributed by atoms with Gasteiger partial charge in [-0.25, -0.2) is 13.1 Å². The largest absolute Gasteiger partial charge is 0.396 e. The van der Waals surface area contributed by atoms with E-state index >= 15 is 0 Å². The molecule has 0 bridgehead atoms. The summed E-state index contributed by atoms with van der Waals surface area (Å²) in [6.45, 7) is 5.68. The summed E-state index contributed by atoms with van der Waals surface area (Å²) >= 11 is 0. The number of nitrogens with one attached hydrogen (secondary N) is 1. The van der Waals surface area contributed by atoms with Crippen LogP contribution in [0.4, 0.5) is 0 Å². The van der Waals surface area contributed by atoms with Crippen LogP contribution in [0, 0.1) is 19.8 Å². The summed E-state index contributed by atoms with van der Waals surface area (Å²) < 4.78 is 28.5. The minimum atomic E-state index is -3.53. The second kappa shape index (κ2) is 5.81. The second-order valence-corrected chi connectivity index (χ2v) is 6.30. The first-order valence-corrected chi connectivity index (χ1v) is 7.38. The number of hydrogen-bond acceptors (Lipinski definition) is 4. The van der Waals surface area contributed by atoms with E-state index in [2.05, 4.69) is 9.82 Å². The Bertz CT molecular complexity index is 508. The average Bonchev–Trinajstić information content (AvgIpc) is 2.51. The summed E-state index contributed by atoms with van der Waals surface area (Å²) in [5.41, 5.74) is 1.12. The molecule has 0 radical (unpaired) electrons. The van der Waals surface area contributed by atoms with E-state index in [0.29, 0.717) is 24.4 Å². The molecule has 0 aliphatic heterocycles. The number of aromatic nitrogens is 2. The number of hydrogen-bond donors (Lipinski definition) is 2. The SMILES string of the molecule is Cc1nn(C)c(C)c1S(=O)(=O)NCC(C)CCO. The Morgan fingerprint density at radius 2 is 2.06 bits per heavy atom. The maximum absolute atomic E-state index is 12.2. The van der Waals surface area contributed by atoms with Crippen LogP contribution in [0.5, 0.6) is 0 Å². The molecule has 0 saturated carbocycles. The lowest BCUT2D eigenvalue weighted by Crippen LogP contribution is -2.29. The summed E-state index contributed by atoms with van der Waals surface area (Å²) in [4.78, 5) is 0.251. The summed E-state index contributed by atoms with van der Waals surface area (Å²) in [6.07, 6.45) is 0.577. The molecule has 7 heteroatoms. The molecule has 0 spiro atoms. The van der Waals surface area contributed by atoms with Crippen LogP contribution in [0.2, 0.25) is 0 Å². The smallest absolute Gasteiger partial charge is 0.244 e. The van der Waals surface area contributed by atoms with Crippen molar-refractivity contribution in [2.45, 2.75) is 32.1 Å². The summed E-state index contributed by atoms with van der Waals surface area (Å²) in [6, 6.07) is 0. The van der Waals surface area contributed by atoms with Crippen LogP contribution in [0.3, 0.4) is 0 Å². The standard InChI is InChI=1S/C11H21N3O3S/c1-8(5-6-15)7-12-18(16,17)11-9(2)13-14(4)10(11)3/h8,12,15H,5-7H2,1-4H3. The van der Waals surface area contributed by atoms with Crippen molar-refractivity contribution >= 4 is 10.0 Å². The zero-order valence-electron chi connectivity index (χ0n) is 11.3. The molecular formula is C11H21N3O3S. The zero-order valence-corrected chi connectivity index (χ0v) is 12.1. The molecule has 0 aliphatic rings. The highest BCUT2D eigenvalue weighted by atomic mass is 32.2. The number of aliphatic hydroxyl groups excluding tert-OH is 1. The van der Waals surface area contributed by atoms with Gasteiger partial charge in [0.25, 0.3) is 0 Å². The van der Waals surface area contributed by atoms with Gasteiger partial charge in [0, 0.05) is 20.2 Å². The van der Waals surface area contributed by atoms with Crippen LogP contribution in [0.25, 0.3) is 0 Å². The lowest BCUT2D eigenvalue weighted by atomic mass is 10.1. The van der Waals surface area contributed by atoms with Gasteiger partial charge in [0.1, 0.15) is 4.90 Å². The van der Waals surface area contributed by atoms with Crippen LogP contribution in [-0.2, 0) is 17.1 Å².